The van der Waals surface area contributed by atoms with Crippen LogP contribution in [0.2, 0.25) is 0 Å². The number of pyridine rings is 1. The van der Waals surface area contributed by atoms with E-state index in [4.69, 9.17) is 4.74 Å². The highest BCUT2D eigenvalue weighted by Crippen LogP contribution is 2.34. The van der Waals surface area contributed by atoms with Crippen LogP contribution in [0.1, 0.15) is 80.9 Å². The van der Waals surface area contributed by atoms with E-state index in [1.165, 1.54) is 11.1 Å². The molecule has 7 bridgehead atoms. The largest absolute Gasteiger partial charge is 0.481 e. The van der Waals surface area contributed by atoms with E-state index in [9.17, 15) is 14.7 Å². The Balaban J connectivity index is 1.53. The number of aromatic nitrogens is 1. The van der Waals surface area contributed by atoms with E-state index < -0.39 is 5.97 Å². The molecule has 0 saturated heterocycles. The van der Waals surface area contributed by atoms with Crippen LogP contribution in [0.15, 0.2) is 48.7 Å². The molecule has 5 aliphatic rings. The van der Waals surface area contributed by atoms with Crippen LogP contribution in [-0.2, 0) is 24.2 Å². The molecule has 2 aromatic carbocycles. The Morgan fingerprint density at radius 2 is 1.89 bits per heavy atom. The van der Waals surface area contributed by atoms with Crippen molar-refractivity contribution in [3.8, 4) is 5.88 Å². The minimum absolute atomic E-state index is 0.0320. The molecule has 1 N–H and O–H groups in total. The van der Waals surface area contributed by atoms with Crippen LogP contribution in [0, 0.1) is 13.8 Å². The number of nitrogens with zero attached hydrogens (tertiary/aromatic N) is 2. The predicted octanol–water partition coefficient (Wildman–Crippen LogP) is 5.61. The van der Waals surface area contributed by atoms with Crippen LogP contribution in [0.5, 0.6) is 5.88 Å². The van der Waals surface area contributed by atoms with Gasteiger partial charge in [0.15, 0.2) is 0 Å². The first kappa shape index (κ1) is 25.0. The van der Waals surface area contributed by atoms with E-state index in [-0.39, 0.29) is 18.2 Å². The van der Waals surface area contributed by atoms with Crippen LogP contribution in [-0.4, -0.2) is 40.0 Å². The second kappa shape index (κ2) is 10.8. The molecular weight excluding hydrogens is 464 g/mol. The van der Waals surface area contributed by atoms with Gasteiger partial charge in [-0.3, -0.25) is 9.59 Å². The molecule has 0 aliphatic carbocycles. The lowest BCUT2D eigenvalue weighted by atomic mass is 9.84. The number of ether oxygens (including phenoxy) is 1. The highest BCUT2D eigenvalue weighted by molar-refractivity contribution is 5.95. The molecule has 0 radical (unpaired) electrons. The van der Waals surface area contributed by atoms with E-state index in [2.05, 4.69) is 29.2 Å². The maximum Gasteiger partial charge on any atom is 0.304 e. The highest BCUT2D eigenvalue weighted by Gasteiger charge is 2.26. The summed E-state index contributed by atoms with van der Waals surface area (Å²) in [5, 5.41) is 9.73. The molecule has 0 spiro atoms. The molecule has 0 unspecified atom stereocenters. The van der Waals surface area contributed by atoms with Crippen LogP contribution >= 0.6 is 0 Å². The van der Waals surface area contributed by atoms with Gasteiger partial charge in [-0.25, -0.2) is 4.98 Å². The standard InChI is InChI=1S/C31H34N2O4/c1-20-14-22-6-4-3-5-13-37-29-15-21(2)28(18-32-29)27(17-30(34)35)24-9-8-23-11-12-33(19-25(23)16-24)31(36)26(20)10-7-22/h7-10,14-16,18,27H,3-6,11-13,17,19H2,1-2H3,(H,34,35)/t27-/m0/s1. The number of rotatable bonds is 2. The zero-order chi connectivity index (χ0) is 25.9. The first-order chi connectivity index (χ1) is 17.9. The number of aliphatic carboxylic acids is 1. The molecular formula is C31H34N2O4. The van der Waals surface area contributed by atoms with E-state index in [1.54, 1.807) is 6.20 Å². The van der Waals surface area contributed by atoms with Gasteiger partial charge in [0.05, 0.1) is 13.0 Å². The second-order valence-corrected chi connectivity index (χ2v) is 10.3. The van der Waals surface area contributed by atoms with E-state index in [1.807, 2.05) is 36.9 Å². The molecule has 3 aromatic rings. The SMILES string of the molecule is Cc1cc2ccc1C(=O)N1CCc3ccc(cc3C1)[C@H](CC(=O)O)c1cnc(cc1C)OCCCCC2. The molecule has 6 nitrogen and oxygen atoms in total. The Kier molecular flexibility index (Phi) is 7.26. The van der Waals surface area contributed by atoms with Crippen molar-refractivity contribution in [1.82, 2.24) is 9.88 Å². The van der Waals surface area contributed by atoms with Gasteiger partial charge in [-0.2, -0.15) is 0 Å². The number of carbonyl (C=O) groups is 2. The number of carboxylic acid groups (broad SMARTS) is 1. The van der Waals surface area contributed by atoms with Gasteiger partial charge in [0.2, 0.25) is 5.88 Å². The number of hydrogen-bond acceptors (Lipinski definition) is 4. The van der Waals surface area contributed by atoms with Gasteiger partial charge >= 0.3 is 5.97 Å². The van der Waals surface area contributed by atoms with Crippen molar-refractivity contribution >= 4 is 11.9 Å². The monoisotopic (exact) mass is 498 g/mol. The van der Waals surface area contributed by atoms with Crippen LogP contribution in [0.4, 0.5) is 0 Å². The van der Waals surface area contributed by atoms with Gasteiger partial charge in [0.1, 0.15) is 0 Å². The van der Waals surface area contributed by atoms with E-state index in [0.29, 0.717) is 25.6 Å². The van der Waals surface area contributed by atoms with Gasteiger partial charge in [-0.05, 0) is 91.0 Å². The summed E-state index contributed by atoms with van der Waals surface area (Å²) in [6.07, 6.45) is 6.54. The van der Waals surface area contributed by atoms with Crippen molar-refractivity contribution in [1.29, 1.82) is 0 Å². The molecule has 1 atom stereocenters. The predicted molar refractivity (Wildman–Crippen MR) is 142 cm³/mol. The van der Waals surface area contributed by atoms with Gasteiger partial charge < -0.3 is 14.7 Å². The molecule has 5 aliphatic heterocycles. The van der Waals surface area contributed by atoms with Gasteiger partial charge in [-0.1, -0.05) is 30.3 Å². The number of carbonyl (C=O) groups excluding carboxylic acids is 1. The van der Waals surface area contributed by atoms with Crippen LogP contribution in [0.3, 0.4) is 0 Å². The topological polar surface area (TPSA) is 79.7 Å². The fourth-order valence-corrected chi connectivity index (χ4v) is 5.61. The molecule has 0 fully saturated rings. The highest BCUT2D eigenvalue weighted by atomic mass is 16.5. The summed E-state index contributed by atoms with van der Waals surface area (Å²) in [6.45, 7) is 5.80. The number of carboxylic acids is 1. The first-order valence-corrected chi connectivity index (χ1v) is 13.2. The summed E-state index contributed by atoms with van der Waals surface area (Å²) >= 11 is 0. The third-order valence-corrected chi connectivity index (χ3v) is 7.69. The minimum atomic E-state index is -0.858. The van der Waals surface area contributed by atoms with Gasteiger partial charge in [0, 0.05) is 36.8 Å². The Morgan fingerprint density at radius 3 is 2.68 bits per heavy atom. The number of amides is 1. The summed E-state index contributed by atoms with van der Waals surface area (Å²) in [4.78, 5) is 31.8. The summed E-state index contributed by atoms with van der Waals surface area (Å²) in [6, 6.07) is 14.3. The maximum absolute atomic E-state index is 13.5. The number of aryl methyl sites for hydroxylation is 3. The Labute approximate surface area is 218 Å². The molecule has 6 heterocycles. The molecule has 0 saturated carbocycles. The van der Waals surface area contributed by atoms with E-state index in [0.717, 1.165) is 65.5 Å². The van der Waals surface area contributed by atoms with Crippen molar-refractivity contribution in [3.05, 3.63) is 93.2 Å². The van der Waals surface area contributed by atoms with Crippen LogP contribution in [0.25, 0.3) is 0 Å². The smallest absolute Gasteiger partial charge is 0.304 e. The maximum atomic E-state index is 13.5. The third kappa shape index (κ3) is 5.53. The third-order valence-electron chi connectivity index (χ3n) is 7.69. The fourth-order valence-electron chi connectivity index (χ4n) is 5.61. The molecule has 192 valence electrons. The lowest BCUT2D eigenvalue weighted by Gasteiger charge is -2.30. The Bertz CT molecular complexity index is 1330. The molecule has 1 amide bonds. The second-order valence-electron chi connectivity index (χ2n) is 10.3. The molecule has 1 aromatic heterocycles. The van der Waals surface area contributed by atoms with Gasteiger partial charge in [0.25, 0.3) is 5.91 Å². The van der Waals surface area contributed by atoms with E-state index >= 15 is 0 Å². The van der Waals surface area contributed by atoms with Crippen molar-refractivity contribution in [2.45, 2.75) is 64.8 Å². The minimum Gasteiger partial charge on any atom is -0.481 e. The summed E-state index contributed by atoms with van der Waals surface area (Å²) in [5.41, 5.74) is 8.11. The molecule has 37 heavy (non-hydrogen) atoms. The van der Waals surface area contributed by atoms with Crippen molar-refractivity contribution < 1.29 is 19.4 Å². The lowest BCUT2D eigenvalue weighted by Crippen LogP contribution is -2.36. The van der Waals surface area contributed by atoms with Crippen molar-refractivity contribution in [3.63, 3.8) is 0 Å². The normalized spacial score (nSPS) is 17.9. The fraction of sp³-hybridized carbons (Fsp3) is 0.387. The average molecular weight is 499 g/mol. The first-order valence-electron chi connectivity index (χ1n) is 13.2. The quantitative estimate of drug-likeness (QED) is 0.497. The zero-order valence-corrected chi connectivity index (χ0v) is 21.6. The Morgan fingerprint density at radius 1 is 1.03 bits per heavy atom. The summed E-state index contributed by atoms with van der Waals surface area (Å²) in [7, 11) is 0. The molecule has 6 heteroatoms. The molecule has 8 rings (SSSR count). The Hall–Kier alpha value is -3.67. The number of benzene rings is 2. The zero-order valence-electron chi connectivity index (χ0n) is 21.6. The lowest BCUT2D eigenvalue weighted by molar-refractivity contribution is -0.137. The average Bonchev–Trinajstić information content (AvgIpc) is 2.88. The van der Waals surface area contributed by atoms with Crippen molar-refractivity contribution in [2.24, 2.45) is 0 Å². The summed E-state index contributed by atoms with van der Waals surface area (Å²) < 4.78 is 5.92. The number of hydrogen-bond donors (Lipinski definition) is 1. The van der Waals surface area contributed by atoms with Gasteiger partial charge in [-0.15, -0.1) is 0 Å². The van der Waals surface area contributed by atoms with Crippen molar-refractivity contribution in [2.75, 3.05) is 13.2 Å². The van der Waals surface area contributed by atoms with Crippen LogP contribution < -0.4 is 4.74 Å². The summed E-state index contributed by atoms with van der Waals surface area (Å²) in [5.74, 6) is -0.559.